The summed E-state index contributed by atoms with van der Waals surface area (Å²) >= 11 is 1.80. The average Bonchev–Trinajstić information content (AvgIpc) is 3.65. The van der Waals surface area contributed by atoms with Gasteiger partial charge in [0.05, 0.1) is 11.0 Å². The molecule has 10 aromatic rings. The fourth-order valence-corrected chi connectivity index (χ4v) is 8.02. The molecule has 46 heavy (non-hydrogen) atoms. The van der Waals surface area contributed by atoms with Gasteiger partial charge in [-0.15, -0.1) is 11.3 Å². The Kier molecular flexibility index (Phi) is 5.41. The number of benzene rings is 7. The lowest BCUT2D eigenvalue weighted by atomic mass is 10.0. The Labute approximate surface area is 267 Å². The molecule has 0 atom stereocenters. The predicted octanol–water partition coefficient (Wildman–Crippen LogP) is 11.0. The summed E-state index contributed by atoms with van der Waals surface area (Å²) in [6.45, 7) is 0. The highest BCUT2D eigenvalue weighted by Gasteiger charge is 2.19. The molecule has 0 N–H and O–H groups in total. The molecule has 214 valence electrons. The van der Waals surface area contributed by atoms with Gasteiger partial charge >= 0.3 is 0 Å². The molecular weight excluding hydrogens is 581 g/mol. The van der Waals surface area contributed by atoms with E-state index in [2.05, 4.69) is 150 Å². The normalized spacial score (nSPS) is 11.9. The largest absolute Gasteiger partial charge is 0.278 e. The van der Waals surface area contributed by atoms with E-state index in [4.69, 9.17) is 15.0 Å². The van der Waals surface area contributed by atoms with E-state index in [1.807, 2.05) is 0 Å². The van der Waals surface area contributed by atoms with Crippen LogP contribution in [0.4, 0.5) is 0 Å². The number of fused-ring (bicyclic) bond motifs is 8. The Morgan fingerprint density at radius 1 is 0.413 bits per heavy atom. The molecule has 7 aromatic carbocycles. The van der Waals surface area contributed by atoms with Crippen LogP contribution in [0.2, 0.25) is 0 Å². The Balaban J connectivity index is 1.29. The van der Waals surface area contributed by atoms with Gasteiger partial charge in [-0.1, -0.05) is 115 Å². The molecular formula is C41H24N4S. The minimum Gasteiger partial charge on any atom is -0.278 e. The molecule has 3 aromatic heterocycles. The fourth-order valence-electron chi connectivity index (χ4n) is 6.87. The molecule has 0 saturated carbocycles. The summed E-state index contributed by atoms with van der Waals surface area (Å²) in [5, 5.41) is 9.53. The summed E-state index contributed by atoms with van der Waals surface area (Å²) in [6, 6.07) is 51.5. The van der Waals surface area contributed by atoms with E-state index in [1.165, 1.54) is 41.7 Å². The predicted molar refractivity (Wildman–Crippen MR) is 193 cm³/mol. The summed E-state index contributed by atoms with van der Waals surface area (Å²) in [7, 11) is 0. The Morgan fingerprint density at radius 3 is 1.98 bits per heavy atom. The lowest BCUT2D eigenvalue weighted by molar-refractivity contribution is 0.955. The number of thiophene rings is 1. The molecule has 0 spiro atoms. The van der Waals surface area contributed by atoms with Crippen molar-refractivity contribution in [3.05, 3.63) is 146 Å². The molecule has 0 aliphatic heterocycles. The first kappa shape index (κ1) is 25.4. The van der Waals surface area contributed by atoms with Crippen LogP contribution in [0.25, 0.3) is 92.2 Å². The molecule has 5 heteroatoms. The van der Waals surface area contributed by atoms with E-state index in [0.29, 0.717) is 17.6 Å². The van der Waals surface area contributed by atoms with E-state index < -0.39 is 0 Å². The maximum Gasteiger partial charge on any atom is 0.238 e. The topological polar surface area (TPSA) is 43.6 Å². The first-order chi connectivity index (χ1) is 22.8. The van der Waals surface area contributed by atoms with E-state index >= 15 is 0 Å². The number of aromatic nitrogens is 4. The summed E-state index contributed by atoms with van der Waals surface area (Å²) in [6.07, 6.45) is 0. The van der Waals surface area contributed by atoms with Crippen LogP contribution < -0.4 is 0 Å². The number of hydrogen-bond donors (Lipinski definition) is 0. The van der Waals surface area contributed by atoms with Crippen LogP contribution in [0, 0.1) is 0 Å². The van der Waals surface area contributed by atoms with Gasteiger partial charge in [-0.3, -0.25) is 4.57 Å². The van der Waals surface area contributed by atoms with Crippen molar-refractivity contribution in [3.63, 3.8) is 0 Å². The lowest BCUT2D eigenvalue weighted by Gasteiger charge is -2.12. The van der Waals surface area contributed by atoms with Crippen molar-refractivity contribution in [2.45, 2.75) is 0 Å². The molecule has 0 fully saturated rings. The number of para-hydroxylation sites is 1. The Bertz CT molecular complexity index is 2820. The van der Waals surface area contributed by atoms with Crippen LogP contribution >= 0.6 is 11.3 Å². The van der Waals surface area contributed by atoms with Gasteiger partial charge in [0.2, 0.25) is 5.95 Å². The highest BCUT2D eigenvalue weighted by Crippen LogP contribution is 2.38. The first-order valence-electron chi connectivity index (χ1n) is 15.4. The average molecular weight is 605 g/mol. The van der Waals surface area contributed by atoms with Crippen molar-refractivity contribution in [2.75, 3.05) is 0 Å². The highest BCUT2D eigenvalue weighted by atomic mass is 32.1. The second-order valence-electron chi connectivity index (χ2n) is 11.7. The summed E-state index contributed by atoms with van der Waals surface area (Å²) < 4.78 is 4.70. The standard InChI is InChI=1S/C41H24N4S/c1-2-12-27-23-36-34(22-26(27)11-1)30-15-5-7-18-35(30)45(36)41-43-39(28-20-21-32-31-16-6-8-19-37(31)46-38(32)24-28)42-40(44-41)33-17-9-13-25-10-3-4-14-29(25)33/h1-24H. The second-order valence-corrected chi connectivity index (χ2v) is 12.8. The third kappa shape index (κ3) is 3.82. The zero-order chi connectivity index (χ0) is 30.2. The van der Waals surface area contributed by atoms with Gasteiger partial charge in [0.15, 0.2) is 11.6 Å². The van der Waals surface area contributed by atoms with Crippen LogP contribution in [0.15, 0.2) is 146 Å². The highest BCUT2D eigenvalue weighted by molar-refractivity contribution is 7.25. The summed E-state index contributed by atoms with van der Waals surface area (Å²) in [5.41, 5.74) is 4.09. The number of nitrogens with zero attached hydrogens (tertiary/aromatic N) is 4. The van der Waals surface area contributed by atoms with Crippen LogP contribution in [-0.2, 0) is 0 Å². The van der Waals surface area contributed by atoms with E-state index in [0.717, 1.165) is 32.9 Å². The Morgan fingerprint density at radius 2 is 1.09 bits per heavy atom. The molecule has 3 heterocycles. The quantitative estimate of drug-likeness (QED) is 0.201. The maximum absolute atomic E-state index is 5.24. The minimum atomic E-state index is 0.603. The van der Waals surface area contributed by atoms with Crippen molar-refractivity contribution in [2.24, 2.45) is 0 Å². The number of hydrogen-bond acceptors (Lipinski definition) is 4. The van der Waals surface area contributed by atoms with Gasteiger partial charge in [0.1, 0.15) is 0 Å². The molecule has 0 radical (unpaired) electrons. The van der Waals surface area contributed by atoms with Crippen molar-refractivity contribution < 1.29 is 0 Å². The zero-order valence-corrected chi connectivity index (χ0v) is 25.4. The van der Waals surface area contributed by atoms with Crippen molar-refractivity contribution in [1.29, 1.82) is 0 Å². The van der Waals surface area contributed by atoms with E-state index in [9.17, 15) is 0 Å². The smallest absolute Gasteiger partial charge is 0.238 e. The molecule has 4 nitrogen and oxygen atoms in total. The first-order valence-corrected chi connectivity index (χ1v) is 16.2. The van der Waals surface area contributed by atoms with E-state index in [1.54, 1.807) is 11.3 Å². The molecule has 0 unspecified atom stereocenters. The van der Waals surface area contributed by atoms with Gasteiger partial charge < -0.3 is 0 Å². The van der Waals surface area contributed by atoms with Crippen LogP contribution in [0.3, 0.4) is 0 Å². The molecule has 0 bridgehead atoms. The molecule has 0 amide bonds. The summed E-state index contributed by atoms with van der Waals surface area (Å²) in [5.74, 6) is 1.91. The second kappa shape index (κ2) is 9.80. The maximum atomic E-state index is 5.24. The van der Waals surface area contributed by atoms with Gasteiger partial charge in [0.25, 0.3) is 0 Å². The van der Waals surface area contributed by atoms with Crippen molar-refractivity contribution in [3.8, 4) is 28.7 Å². The van der Waals surface area contributed by atoms with E-state index in [-0.39, 0.29) is 0 Å². The zero-order valence-electron chi connectivity index (χ0n) is 24.6. The van der Waals surface area contributed by atoms with Gasteiger partial charge in [0, 0.05) is 42.1 Å². The van der Waals surface area contributed by atoms with Gasteiger partial charge in [-0.05, 0) is 51.9 Å². The Hall–Kier alpha value is -5.91. The van der Waals surface area contributed by atoms with Crippen LogP contribution in [-0.4, -0.2) is 19.5 Å². The SMILES string of the molecule is c1ccc2cc3c(cc2c1)c1ccccc1n3-c1nc(-c2ccc3c(c2)sc2ccccc23)nc(-c2cccc3ccccc23)n1. The van der Waals surface area contributed by atoms with Gasteiger partial charge in [-0.2, -0.15) is 9.97 Å². The monoisotopic (exact) mass is 604 g/mol. The third-order valence-corrected chi connectivity index (χ3v) is 10.2. The minimum absolute atomic E-state index is 0.603. The third-order valence-electron chi connectivity index (χ3n) is 9.03. The number of rotatable bonds is 3. The van der Waals surface area contributed by atoms with Gasteiger partial charge in [-0.25, -0.2) is 4.98 Å². The molecule has 0 saturated heterocycles. The lowest BCUT2D eigenvalue weighted by Crippen LogP contribution is -2.06. The molecule has 10 rings (SSSR count). The van der Waals surface area contributed by atoms with Crippen LogP contribution in [0.1, 0.15) is 0 Å². The van der Waals surface area contributed by atoms with Crippen molar-refractivity contribution in [1.82, 2.24) is 19.5 Å². The summed E-state index contributed by atoms with van der Waals surface area (Å²) in [4.78, 5) is 15.7. The molecule has 0 aliphatic carbocycles. The van der Waals surface area contributed by atoms with Crippen molar-refractivity contribution >= 4 is 74.9 Å². The molecule has 0 aliphatic rings. The van der Waals surface area contributed by atoms with Crippen LogP contribution in [0.5, 0.6) is 0 Å². The fraction of sp³-hybridized carbons (Fsp3) is 0.